The molecule has 2 unspecified atom stereocenters. The van der Waals surface area contributed by atoms with Gasteiger partial charge in [0.05, 0.1) is 12.4 Å². The Hall–Kier alpha value is -1.82. The number of furan rings is 1. The molecular formula is C12H15NO5. The predicted molar refractivity (Wildman–Crippen MR) is 61.3 cm³/mol. The van der Waals surface area contributed by atoms with Crippen LogP contribution in [0.3, 0.4) is 0 Å². The molecule has 98 valence electrons. The SMILES string of the molecule is Cc1ccoc1C(=O)NCC1CCC(C(=O)O)O1. The van der Waals surface area contributed by atoms with Crippen LogP contribution in [0.1, 0.15) is 29.0 Å². The summed E-state index contributed by atoms with van der Waals surface area (Å²) in [5, 5.41) is 11.4. The molecule has 2 heterocycles. The number of nitrogens with one attached hydrogen (secondary N) is 1. The number of amides is 1. The van der Waals surface area contributed by atoms with Crippen LogP contribution in [0.5, 0.6) is 0 Å². The molecule has 0 bridgehead atoms. The number of carbonyl (C=O) groups excluding carboxylic acids is 1. The van der Waals surface area contributed by atoms with Gasteiger partial charge in [-0.2, -0.15) is 0 Å². The van der Waals surface area contributed by atoms with Crippen LogP contribution in [0.25, 0.3) is 0 Å². The van der Waals surface area contributed by atoms with Crippen LogP contribution in [0, 0.1) is 6.92 Å². The van der Waals surface area contributed by atoms with E-state index in [4.69, 9.17) is 14.3 Å². The third-order valence-electron chi connectivity index (χ3n) is 2.94. The number of rotatable bonds is 4. The number of carbonyl (C=O) groups is 2. The number of aliphatic carboxylic acids is 1. The van der Waals surface area contributed by atoms with Gasteiger partial charge in [-0.3, -0.25) is 4.79 Å². The predicted octanol–water partition coefficient (Wildman–Crippen LogP) is 0.950. The summed E-state index contributed by atoms with van der Waals surface area (Å²) >= 11 is 0. The average molecular weight is 253 g/mol. The normalized spacial score (nSPS) is 22.9. The Labute approximate surface area is 104 Å². The van der Waals surface area contributed by atoms with Crippen molar-refractivity contribution in [3.63, 3.8) is 0 Å². The van der Waals surface area contributed by atoms with Gasteiger partial charge in [-0.25, -0.2) is 4.79 Å². The monoisotopic (exact) mass is 253 g/mol. The van der Waals surface area contributed by atoms with Crippen LogP contribution < -0.4 is 5.32 Å². The Morgan fingerprint density at radius 3 is 2.83 bits per heavy atom. The molecule has 1 aromatic rings. The third-order valence-corrected chi connectivity index (χ3v) is 2.94. The molecule has 1 saturated heterocycles. The van der Waals surface area contributed by atoms with Crippen molar-refractivity contribution in [2.24, 2.45) is 0 Å². The molecule has 0 aliphatic carbocycles. The fourth-order valence-corrected chi connectivity index (χ4v) is 1.93. The minimum Gasteiger partial charge on any atom is -0.479 e. The van der Waals surface area contributed by atoms with Crippen LogP contribution in [-0.4, -0.2) is 35.7 Å². The summed E-state index contributed by atoms with van der Waals surface area (Å²) in [6.07, 6.45) is 1.57. The topological polar surface area (TPSA) is 88.8 Å². The second-order valence-corrected chi connectivity index (χ2v) is 4.31. The summed E-state index contributed by atoms with van der Waals surface area (Å²) in [6, 6.07) is 1.71. The molecule has 2 rings (SSSR count). The number of ether oxygens (including phenoxy) is 1. The van der Waals surface area contributed by atoms with Crippen LogP contribution in [-0.2, 0) is 9.53 Å². The molecule has 6 heteroatoms. The molecule has 0 saturated carbocycles. The second-order valence-electron chi connectivity index (χ2n) is 4.31. The molecule has 0 aromatic carbocycles. The molecular weight excluding hydrogens is 238 g/mol. The van der Waals surface area contributed by atoms with E-state index in [-0.39, 0.29) is 17.8 Å². The van der Waals surface area contributed by atoms with Crippen molar-refractivity contribution in [1.29, 1.82) is 0 Å². The van der Waals surface area contributed by atoms with Crippen LogP contribution in [0.15, 0.2) is 16.7 Å². The molecule has 1 aliphatic rings. The van der Waals surface area contributed by atoms with E-state index in [1.807, 2.05) is 0 Å². The molecule has 1 amide bonds. The maximum Gasteiger partial charge on any atom is 0.332 e. The van der Waals surface area contributed by atoms with Crippen molar-refractivity contribution >= 4 is 11.9 Å². The molecule has 2 N–H and O–H groups in total. The molecule has 1 aromatic heterocycles. The average Bonchev–Trinajstić information content (AvgIpc) is 2.94. The maximum absolute atomic E-state index is 11.7. The third kappa shape index (κ3) is 2.70. The highest BCUT2D eigenvalue weighted by molar-refractivity contribution is 5.92. The molecule has 6 nitrogen and oxygen atoms in total. The first-order chi connectivity index (χ1) is 8.58. The molecule has 2 atom stereocenters. The minimum atomic E-state index is -0.953. The molecule has 1 fully saturated rings. The summed E-state index contributed by atoms with van der Waals surface area (Å²) in [7, 11) is 0. The minimum absolute atomic E-state index is 0.245. The first-order valence-electron chi connectivity index (χ1n) is 5.78. The Kier molecular flexibility index (Phi) is 3.66. The first kappa shape index (κ1) is 12.6. The van der Waals surface area contributed by atoms with E-state index >= 15 is 0 Å². The quantitative estimate of drug-likeness (QED) is 0.834. The lowest BCUT2D eigenvalue weighted by Gasteiger charge is -2.11. The Morgan fingerprint density at radius 2 is 2.28 bits per heavy atom. The molecule has 1 aliphatic heterocycles. The van der Waals surface area contributed by atoms with Gasteiger partial charge in [-0.05, 0) is 25.8 Å². The van der Waals surface area contributed by atoms with Crippen molar-refractivity contribution in [1.82, 2.24) is 5.32 Å². The van der Waals surface area contributed by atoms with E-state index in [0.29, 0.717) is 19.4 Å². The number of aryl methyl sites for hydroxylation is 1. The molecule has 0 spiro atoms. The maximum atomic E-state index is 11.7. The lowest BCUT2D eigenvalue weighted by Crippen LogP contribution is -2.33. The Bertz CT molecular complexity index is 453. The lowest BCUT2D eigenvalue weighted by molar-refractivity contribution is -0.149. The highest BCUT2D eigenvalue weighted by Gasteiger charge is 2.30. The highest BCUT2D eigenvalue weighted by atomic mass is 16.5. The van der Waals surface area contributed by atoms with Gasteiger partial charge < -0.3 is 19.6 Å². The fourth-order valence-electron chi connectivity index (χ4n) is 1.93. The van der Waals surface area contributed by atoms with Crippen LogP contribution in [0.4, 0.5) is 0 Å². The van der Waals surface area contributed by atoms with E-state index in [9.17, 15) is 9.59 Å². The van der Waals surface area contributed by atoms with E-state index < -0.39 is 12.1 Å². The second kappa shape index (κ2) is 5.22. The van der Waals surface area contributed by atoms with Crippen molar-refractivity contribution in [2.75, 3.05) is 6.54 Å². The largest absolute Gasteiger partial charge is 0.479 e. The summed E-state index contributed by atoms with van der Waals surface area (Å²) in [5.74, 6) is -0.978. The zero-order valence-corrected chi connectivity index (χ0v) is 10.0. The van der Waals surface area contributed by atoms with Gasteiger partial charge in [0.1, 0.15) is 0 Å². The van der Waals surface area contributed by atoms with Crippen molar-refractivity contribution in [2.45, 2.75) is 32.0 Å². The standard InChI is InChI=1S/C12H15NO5/c1-7-4-5-17-10(7)11(14)13-6-8-2-3-9(18-8)12(15)16/h4-5,8-9H,2-3,6H2,1H3,(H,13,14)(H,15,16). The fraction of sp³-hybridized carbons (Fsp3) is 0.500. The number of hydrogen-bond donors (Lipinski definition) is 2. The summed E-state index contributed by atoms with van der Waals surface area (Å²) in [5.41, 5.74) is 0.767. The van der Waals surface area contributed by atoms with Gasteiger partial charge in [0.15, 0.2) is 11.9 Å². The van der Waals surface area contributed by atoms with Gasteiger partial charge in [-0.1, -0.05) is 0 Å². The van der Waals surface area contributed by atoms with Gasteiger partial charge in [-0.15, -0.1) is 0 Å². The number of carboxylic acids is 1. The smallest absolute Gasteiger partial charge is 0.332 e. The molecule has 0 radical (unpaired) electrons. The zero-order valence-electron chi connectivity index (χ0n) is 10.0. The van der Waals surface area contributed by atoms with Crippen molar-refractivity contribution in [3.05, 3.63) is 23.7 Å². The Morgan fingerprint density at radius 1 is 1.50 bits per heavy atom. The first-order valence-corrected chi connectivity index (χ1v) is 5.78. The molecule has 18 heavy (non-hydrogen) atoms. The Balaban J connectivity index is 1.81. The van der Waals surface area contributed by atoms with Gasteiger partial charge in [0, 0.05) is 12.1 Å². The summed E-state index contributed by atoms with van der Waals surface area (Å²) in [4.78, 5) is 22.4. The van der Waals surface area contributed by atoms with Crippen molar-refractivity contribution in [3.8, 4) is 0 Å². The van der Waals surface area contributed by atoms with Crippen LogP contribution in [0.2, 0.25) is 0 Å². The highest BCUT2D eigenvalue weighted by Crippen LogP contribution is 2.19. The van der Waals surface area contributed by atoms with E-state index in [0.717, 1.165) is 5.56 Å². The zero-order chi connectivity index (χ0) is 13.1. The van der Waals surface area contributed by atoms with E-state index in [2.05, 4.69) is 5.32 Å². The van der Waals surface area contributed by atoms with Gasteiger partial charge in [0.25, 0.3) is 5.91 Å². The summed E-state index contributed by atoms with van der Waals surface area (Å²) in [6.45, 7) is 2.08. The van der Waals surface area contributed by atoms with E-state index in [1.54, 1.807) is 13.0 Å². The van der Waals surface area contributed by atoms with Crippen molar-refractivity contribution < 1.29 is 23.8 Å². The number of carboxylic acid groups (broad SMARTS) is 1. The number of hydrogen-bond acceptors (Lipinski definition) is 4. The van der Waals surface area contributed by atoms with E-state index in [1.165, 1.54) is 6.26 Å². The lowest BCUT2D eigenvalue weighted by atomic mass is 10.2. The summed E-state index contributed by atoms with van der Waals surface area (Å²) < 4.78 is 10.3. The van der Waals surface area contributed by atoms with Crippen LogP contribution >= 0.6 is 0 Å². The van der Waals surface area contributed by atoms with Gasteiger partial charge >= 0.3 is 5.97 Å². The van der Waals surface area contributed by atoms with Gasteiger partial charge in [0.2, 0.25) is 0 Å².